The molecule has 31 heavy (non-hydrogen) atoms. The standard InChI is InChI=1S/C21H31N5O4.HI/c1-5-22-21(23-14-17-6-11-30-24-17)26-9-7-25(8-10-26)15-16-12-18(27-2)20(29-4)19(13-16)28-3;/h6,11-13H,5,7-10,14-15H2,1-4H3,(H,22,23);1H. The van der Waals surface area contributed by atoms with E-state index < -0.39 is 0 Å². The van der Waals surface area contributed by atoms with E-state index in [9.17, 15) is 0 Å². The van der Waals surface area contributed by atoms with Crippen LogP contribution in [0.1, 0.15) is 18.2 Å². The summed E-state index contributed by atoms with van der Waals surface area (Å²) in [4.78, 5) is 9.40. The molecule has 9 nitrogen and oxygen atoms in total. The zero-order valence-corrected chi connectivity index (χ0v) is 20.9. The van der Waals surface area contributed by atoms with Gasteiger partial charge in [0.25, 0.3) is 0 Å². The molecule has 2 aromatic rings. The van der Waals surface area contributed by atoms with Crippen molar-refractivity contribution in [3.63, 3.8) is 0 Å². The molecule has 10 heteroatoms. The Morgan fingerprint density at radius 2 is 1.77 bits per heavy atom. The highest BCUT2D eigenvalue weighted by Gasteiger charge is 2.21. The first-order valence-electron chi connectivity index (χ1n) is 10.1. The van der Waals surface area contributed by atoms with Gasteiger partial charge in [0.15, 0.2) is 17.5 Å². The SMILES string of the molecule is CCNC(=NCc1ccon1)N1CCN(Cc2cc(OC)c(OC)c(OC)c2)CC1.I. The van der Waals surface area contributed by atoms with Crippen molar-refractivity contribution in [2.75, 3.05) is 54.1 Å². The number of hydrogen-bond acceptors (Lipinski definition) is 7. The molecule has 1 aliphatic heterocycles. The largest absolute Gasteiger partial charge is 0.493 e. The van der Waals surface area contributed by atoms with Crippen LogP contribution in [0.3, 0.4) is 0 Å². The van der Waals surface area contributed by atoms with Gasteiger partial charge in [0.1, 0.15) is 12.0 Å². The lowest BCUT2D eigenvalue weighted by molar-refractivity contribution is 0.172. The maximum absolute atomic E-state index is 5.47. The average molecular weight is 545 g/mol. The zero-order valence-electron chi connectivity index (χ0n) is 18.6. The Morgan fingerprint density at radius 3 is 2.29 bits per heavy atom. The Bertz CT molecular complexity index is 798. The number of nitrogens with zero attached hydrogens (tertiary/aromatic N) is 4. The molecule has 0 bridgehead atoms. The first-order valence-corrected chi connectivity index (χ1v) is 10.1. The maximum Gasteiger partial charge on any atom is 0.203 e. The first-order chi connectivity index (χ1) is 14.7. The van der Waals surface area contributed by atoms with E-state index in [0.717, 1.165) is 56.5 Å². The van der Waals surface area contributed by atoms with Gasteiger partial charge in [-0.25, -0.2) is 4.99 Å². The summed E-state index contributed by atoms with van der Waals surface area (Å²) in [5.74, 6) is 2.89. The Balaban J connectivity index is 0.00000341. The molecule has 0 aliphatic carbocycles. The van der Waals surface area contributed by atoms with Crippen molar-refractivity contribution in [1.82, 2.24) is 20.3 Å². The van der Waals surface area contributed by atoms with E-state index in [1.807, 2.05) is 18.2 Å². The summed E-state index contributed by atoms with van der Waals surface area (Å²) >= 11 is 0. The number of piperazine rings is 1. The number of aromatic nitrogens is 1. The number of guanidine groups is 1. The average Bonchev–Trinajstić information content (AvgIpc) is 3.30. The number of halogens is 1. The number of nitrogens with one attached hydrogen (secondary N) is 1. The summed E-state index contributed by atoms with van der Waals surface area (Å²) < 4.78 is 21.2. The van der Waals surface area contributed by atoms with E-state index in [2.05, 4.69) is 27.2 Å². The lowest BCUT2D eigenvalue weighted by atomic mass is 10.1. The molecular formula is C21H32IN5O4. The third-order valence-corrected chi connectivity index (χ3v) is 5.02. The fourth-order valence-electron chi connectivity index (χ4n) is 3.50. The van der Waals surface area contributed by atoms with Gasteiger partial charge in [0, 0.05) is 45.3 Å². The van der Waals surface area contributed by atoms with Crippen LogP contribution in [0.15, 0.2) is 34.0 Å². The molecule has 0 radical (unpaired) electrons. The van der Waals surface area contributed by atoms with Crippen molar-refractivity contribution in [2.45, 2.75) is 20.0 Å². The van der Waals surface area contributed by atoms with Crippen molar-refractivity contribution >= 4 is 29.9 Å². The number of methoxy groups -OCH3 is 3. The lowest BCUT2D eigenvalue weighted by Crippen LogP contribution is -2.52. The van der Waals surface area contributed by atoms with Crippen LogP contribution in [-0.2, 0) is 13.1 Å². The van der Waals surface area contributed by atoms with E-state index in [4.69, 9.17) is 23.7 Å². The van der Waals surface area contributed by atoms with Crippen molar-refractivity contribution in [2.24, 2.45) is 4.99 Å². The Hall–Kier alpha value is -2.21. The summed E-state index contributed by atoms with van der Waals surface area (Å²) in [5, 5.41) is 7.30. The lowest BCUT2D eigenvalue weighted by Gasteiger charge is -2.36. The van der Waals surface area contributed by atoms with Crippen LogP contribution in [0, 0.1) is 0 Å². The highest BCUT2D eigenvalue weighted by molar-refractivity contribution is 14.0. The summed E-state index contributed by atoms with van der Waals surface area (Å²) in [6.45, 7) is 7.89. The molecule has 0 amide bonds. The van der Waals surface area contributed by atoms with Crippen molar-refractivity contribution in [3.05, 3.63) is 35.7 Å². The second-order valence-electron chi connectivity index (χ2n) is 6.96. The van der Waals surface area contributed by atoms with Gasteiger partial charge in [0.2, 0.25) is 5.75 Å². The summed E-state index contributed by atoms with van der Waals surface area (Å²) in [7, 11) is 4.90. The normalized spacial score (nSPS) is 14.7. The number of aliphatic imine (C=N–C) groups is 1. The van der Waals surface area contributed by atoms with Gasteiger partial charge in [-0.05, 0) is 24.6 Å². The van der Waals surface area contributed by atoms with Crippen molar-refractivity contribution in [3.8, 4) is 17.2 Å². The molecular weight excluding hydrogens is 513 g/mol. The topological polar surface area (TPSA) is 84.6 Å². The predicted octanol–water partition coefficient (Wildman–Crippen LogP) is 2.60. The van der Waals surface area contributed by atoms with E-state index >= 15 is 0 Å². The van der Waals surface area contributed by atoms with Crippen molar-refractivity contribution < 1.29 is 18.7 Å². The van der Waals surface area contributed by atoms with Crippen LogP contribution in [0.2, 0.25) is 0 Å². The number of ether oxygens (including phenoxy) is 3. The molecule has 1 aliphatic rings. The molecule has 1 N–H and O–H groups in total. The fourth-order valence-corrected chi connectivity index (χ4v) is 3.50. The second-order valence-corrected chi connectivity index (χ2v) is 6.96. The molecule has 0 saturated carbocycles. The van der Waals surface area contributed by atoms with Crippen LogP contribution in [0.5, 0.6) is 17.2 Å². The van der Waals surface area contributed by atoms with Gasteiger partial charge < -0.3 is 29.0 Å². The van der Waals surface area contributed by atoms with E-state index in [1.165, 1.54) is 0 Å². The van der Waals surface area contributed by atoms with Gasteiger partial charge in [-0.15, -0.1) is 24.0 Å². The van der Waals surface area contributed by atoms with Crippen LogP contribution in [0.4, 0.5) is 0 Å². The molecule has 0 atom stereocenters. The monoisotopic (exact) mass is 545 g/mol. The number of benzene rings is 1. The van der Waals surface area contributed by atoms with Gasteiger partial charge in [-0.1, -0.05) is 5.16 Å². The molecule has 3 rings (SSSR count). The second kappa shape index (κ2) is 12.6. The van der Waals surface area contributed by atoms with E-state index in [1.54, 1.807) is 27.6 Å². The Labute approximate surface area is 200 Å². The highest BCUT2D eigenvalue weighted by atomic mass is 127. The molecule has 0 spiro atoms. The van der Waals surface area contributed by atoms with Crippen LogP contribution < -0.4 is 19.5 Å². The highest BCUT2D eigenvalue weighted by Crippen LogP contribution is 2.38. The fraction of sp³-hybridized carbons (Fsp3) is 0.524. The third kappa shape index (κ3) is 6.63. The minimum Gasteiger partial charge on any atom is -0.493 e. The van der Waals surface area contributed by atoms with Crippen LogP contribution in [0.25, 0.3) is 0 Å². The minimum absolute atomic E-state index is 0. The van der Waals surface area contributed by atoms with Crippen molar-refractivity contribution in [1.29, 1.82) is 0 Å². The number of hydrogen-bond donors (Lipinski definition) is 1. The van der Waals surface area contributed by atoms with E-state index in [0.29, 0.717) is 23.8 Å². The number of rotatable bonds is 8. The molecule has 1 aromatic heterocycles. The smallest absolute Gasteiger partial charge is 0.203 e. The van der Waals surface area contributed by atoms with E-state index in [-0.39, 0.29) is 24.0 Å². The molecule has 172 valence electrons. The van der Waals surface area contributed by atoms with Crippen LogP contribution >= 0.6 is 24.0 Å². The maximum atomic E-state index is 5.47. The Kier molecular flexibility index (Phi) is 10.2. The third-order valence-electron chi connectivity index (χ3n) is 5.02. The zero-order chi connectivity index (χ0) is 21.3. The minimum atomic E-state index is 0. The van der Waals surface area contributed by atoms with Gasteiger partial charge in [-0.3, -0.25) is 4.90 Å². The Morgan fingerprint density at radius 1 is 1.10 bits per heavy atom. The molecule has 1 aromatic carbocycles. The quantitative estimate of drug-likeness (QED) is 0.308. The predicted molar refractivity (Wildman–Crippen MR) is 130 cm³/mol. The van der Waals surface area contributed by atoms with Gasteiger partial charge in [0.05, 0.1) is 27.9 Å². The molecule has 0 unspecified atom stereocenters. The summed E-state index contributed by atoms with van der Waals surface area (Å²) in [6.07, 6.45) is 1.57. The summed E-state index contributed by atoms with van der Waals surface area (Å²) in [6, 6.07) is 5.86. The van der Waals surface area contributed by atoms with Gasteiger partial charge in [-0.2, -0.15) is 0 Å². The van der Waals surface area contributed by atoms with Gasteiger partial charge >= 0.3 is 0 Å². The molecule has 1 saturated heterocycles. The summed E-state index contributed by atoms with van der Waals surface area (Å²) in [5.41, 5.74) is 1.95. The first kappa shape index (κ1) is 25.1. The van der Waals surface area contributed by atoms with Crippen LogP contribution in [-0.4, -0.2) is 75.0 Å². The molecule has 2 heterocycles. The molecule has 1 fully saturated rings.